The lowest BCUT2D eigenvalue weighted by molar-refractivity contribution is 0.439. The van der Waals surface area contributed by atoms with Crippen LogP contribution in [-0.4, -0.2) is 10.1 Å². The molecule has 132 valence electrons. The molecule has 3 nitrogen and oxygen atoms in total. The molecule has 0 radical (unpaired) electrons. The Hall–Kier alpha value is -1.56. The van der Waals surface area contributed by atoms with E-state index < -0.39 is 0 Å². The van der Waals surface area contributed by atoms with Crippen molar-refractivity contribution in [3.05, 3.63) is 45.0 Å². The minimum Gasteiger partial charge on any atom is -0.504 e. The maximum absolute atomic E-state index is 10.9. The zero-order chi connectivity index (χ0) is 18.6. The maximum Gasteiger partial charge on any atom is 0.227 e. The smallest absolute Gasteiger partial charge is 0.227 e. The number of hydrogen-bond donors (Lipinski definition) is 1. The Morgan fingerprint density at radius 1 is 0.960 bits per heavy atom. The number of aromatic nitrogens is 1. The van der Waals surface area contributed by atoms with Crippen molar-refractivity contribution >= 4 is 33.7 Å². The van der Waals surface area contributed by atoms with Gasteiger partial charge in [0, 0.05) is 14.7 Å². The van der Waals surface area contributed by atoms with Crippen LogP contribution in [0.3, 0.4) is 0 Å². The number of benzene rings is 2. The molecule has 0 unspecified atom stereocenters. The Morgan fingerprint density at radius 3 is 2.16 bits per heavy atom. The van der Waals surface area contributed by atoms with Crippen molar-refractivity contribution in [1.82, 2.24) is 4.98 Å². The average Bonchev–Trinajstić information content (AvgIpc) is 2.90. The number of rotatable bonds is 1. The molecule has 0 aliphatic rings. The van der Waals surface area contributed by atoms with Gasteiger partial charge < -0.3 is 9.52 Å². The quantitative estimate of drug-likeness (QED) is 0.438. The molecule has 0 spiro atoms. The van der Waals surface area contributed by atoms with Crippen molar-refractivity contribution in [2.24, 2.45) is 0 Å². The van der Waals surface area contributed by atoms with Gasteiger partial charge in [0.2, 0.25) is 5.89 Å². The molecule has 4 heteroatoms. The molecule has 25 heavy (non-hydrogen) atoms. The number of halogens is 1. The first-order chi connectivity index (χ1) is 11.5. The van der Waals surface area contributed by atoms with E-state index in [1.54, 1.807) is 0 Å². The lowest BCUT2D eigenvalue weighted by Crippen LogP contribution is -2.17. The Bertz CT molecular complexity index is 943. The summed E-state index contributed by atoms with van der Waals surface area (Å²) >= 11 is 2.27. The molecule has 0 atom stereocenters. The van der Waals surface area contributed by atoms with Crippen molar-refractivity contribution in [2.75, 3.05) is 0 Å². The summed E-state index contributed by atoms with van der Waals surface area (Å²) in [7, 11) is 0. The van der Waals surface area contributed by atoms with Crippen LogP contribution in [0.25, 0.3) is 22.6 Å². The lowest BCUT2D eigenvalue weighted by Gasteiger charge is -2.25. The highest BCUT2D eigenvalue weighted by molar-refractivity contribution is 14.1. The van der Waals surface area contributed by atoms with Crippen molar-refractivity contribution < 1.29 is 9.52 Å². The Morgan fingerprint density at radius 2 is 1.60 bits per heavy atom. The molecule has 0 amide bonds. The number of phenols is 1. The summed E-state index contributed by atoms with van der Waals surface area (Å²) in [5, 5.41) is 10.9. The predicted octanol–water partition coefficient (Wildman–Crippen LogP) is 6.40. The second-order valence-corrected chi connectivity index (χ2v) is 9.77. The van der Waals surface area contributed by atoms with E-state index in [4.69, 9.17) is 9.40 Å². The maximum atomic E-state index is 10.9. The average molecular weight is 449 g/mol. The van der Waals surface area contributed by atoms with Gasteiger partial charge in [-0.25, -0.2) is 4.98 Å². The molecule has 1 heterocycles. The van der Waals surface area contributed by atoms with E-state index in [0.717, 1.165) is 25.8 Å². The number of phenolic OH excluding ortho intramolecular Hbond substituents is 1. The van der Waals surface area contributed by atoms with Gasteiger partial charge in [0.15, 0.2) is 11.3 Å². The number of oxazole rings is 1. The lowest BCUT2D eigenvalue weighted by atomic mass is 9.79. The first-order valence-electron chi connectivity index (χ1n) is 8.42. The van der Waals surface area contributed by atoms with Gasteiger partial charge in [-0.15, -0.1) is 0 Å². The number of hydrogen-bond acceptors (Lipinski definition) is 3. The van der Waals surface area contributed by atoms with Crippen LogP contribution in [0.1, 0.15) is 52.7 Å². The highest BCUT2D eigenvalue weighted by Crippen LogP contribution is 2.43. The van der Waals surface area contributed by atoms with Crippen molar-refractivity contribution in [1.29, 1.82) is 0 Å². The van der Waals surface area contributed by atoms with Crippen molar-refractivity contribution in [3.8, 4) is 17.2 Å². The van der Waals surface area contributed by atoms with Gasteiger partial charge in [-0.1, -0.05) is 47.6 Å². The normalized spacial score (nSPS) is 12.8. The molecule has 0 aliphatic heterocycles. The van der Waals surface area contributed by atoms with Crippen molar-refractivity contribution in [3.63, 3.8) is 0 Å². The Balaban J connectivity index is 2.36. The summed E-state index contributed by atoms with van der Waals surface area (Å²) in [6.07, 6.45) is 0. The van der Waals surface area contributed by atoms with Crippen LogP contribution in [0, 0.1) is 3.57 Å². The van der Waals surface area contributed by atoms with Crippen LogP contribution < -0.4 is 0 Å². The summed E-state index contributed by atoms with van der Waals surface area (Å²) in [5.41, 5.74) is 3.82. The molecule has 0 saturated carbocycles. The Labute approximate surface area is 162 Å². The number of nitrogens with zero attached hydrogens (tertiary/aromatic N) is 1. The number of aromatic hydroxyl groups is 1. The topological polar surface area (TPSA) is 46.3 Å². The molecule has 1 aromatic heterocycles. The minimum absolute atomic E-state index is 0.106. The standard InChI is InChI=1S/C21H24INO2/c1-20(2,3)14-11-15(21(4,5)6)17(24)18-16(14)23-19(25-18)12-8-7-9-13(22)10-12/h7-11,24H,1-6H3. The van der Waals surface area contributed by atoms with Crippen LogP contribution in [0.2, 0.25) is 0 Å². The van der Waals surface area contributed by atoms with Gasteiger partial charge in [-0.05, 0) is 63.2 Å². The van der Waals surface area contributed by atoms with Crippen LogP contribution >= 0.6 is 22.6 Å². The van der Waals surface area contributed by atoms with Crippen LogP contribution in [0.4, 0.5) is 0 Å². The molecular formula is C21H24INO2. The van der Waals surface area contributed by atoms with Crippen molar-refractivity contribution in [2.45, 2.75) is 52.4 Å². The summed E-state index contributed by atoms with van der Waals surface area (Å²) in [6, 6.07) is 10.1. The fourth-order valence-electron chi connectivity index (χ4n) is 2.95. The monoisotopic (exact) mass is 449 g/mol. The zero-order valence-corrected chi connectivity index (χ0v) is 17.7. The molecule has 0 fully saturated rings. The highest BCUT2D eigenvalue weighted by Gasteiger charge is 2.29. The summed E-state index contributed by atoms with van der Waals surface area (Å²) in [6.45, 7) is 12.8. The molecule has 3 rings (SSSR count). The first-order valence-corrected chi connectivity index (χ1v) is 9.50. The van der Waals surface area contributed by atoms with E-state index in [2.05, 4.69) is 70.2 Å². The summed E-state index contributed by atoms with van der Waals surface area (Å²) < 4.78 is 7.17. The number of fused-ring (bicyclic) bond motifs is 1. The molecule has 3 aromatic rings. The minimum atomic E-state index is -0.187. The van der Waals surface area contributed by atoms with Crippen LogP contribution in [-0.2, 0) is 10.8 Å². The summed E-state index contributed by atoms with van der Waals surface area (Å²) in [4.78, 5) is 4.74. The third-order valence-electron chi connectivity index (χ3n) is 4.33. The van der Waals surface area contributed by atoms with Gasteiger partial charge in [-0.2, -0.15) is 0 Å². The van der Waals surface area contributed by atoms with E-state index in [0.29, 0.717) is 11.5 Å². The Kier molecular flexibility index (Phi) is 4.38. The molecule has 0 bridgehead atoms. The molecule has 2 aromatic carbocycles. The van der Waals surface area contributed by atoms with Gasteiger partial charge in [0.05, 0.1) is 0 Å². The van der Waals surface area contributed by atoms with Gasteiger partial charge in [-0.3, -0.25) is 0 Å². The van der Waals surface area contributed by atoms with Crippen LogP contribution in [0.5, 0.6) is 5.75 Å². The fourth-order valence-corrected chi connectivity index (χ4v) is 3.50. The van der Waals surface area contributed by atoms with Gasteiger partial charge >= 0.3 is 0 Å². The van der Waals surface area contributed by atoms with Gasteiger partial charge in [0.1, 0.15) is 5.52 Å². The molecule has 0 saturated heterocycles. The van der Waals surface area contributed by atoms with E-state index in [9.17, 15) is 5.11 Å². The van der Waals surface area contributed by atoms with Gasteiger partial charge in [0.25, 0.3) is 0 Å². The molecular weight excluding hydrogens is 425 g/mol. The van der Waals surface area contributed by atoms with Crippen LogP contribution in [0.15, 0.2) is 34.7 Å². The third kappa shape index (κ3) is 3.41. The largest absolute Gasteiger partial charge is 0.504 e. The van der Waals surface area contributed by atoms with E-state index >= 15 is 0 Å². The third-order valence-corrected chi connectivity index (χ3v) is 5.00. The first kappa shape index (κ1) is 18.2. The summed E-state index contributed by atoms with van der Waals surface area (Å²) in [5.74, 6) is 0.736. The van der Waals surface area contributed by atoms with E-state index in [1.807, 2.05) is 24.3 Å². The van der Waals surface area contributed by atoms with E-state index in [1.165, 1.54) is 0 Å². The SMILES string of the molecule is CC(C)(C)c1cc(C(C)(C)C)c2nc(-c3cccc(I)c3)oc2c1O. The molecule has 1 N–H and O–H groups in total. The highest BCUT2D eigenvalue weighted by atomic mass is 127. The zero-order valence-electron chi connectivity index (χ0n) is 15.6. The fraction of sp³-hybridized carbons (Fsp3) is 0.381. The predicted molar refractivity (Wildman–Crippen MR) is 111 cm³/mol. The second-order valence-electron chi connectivity index (χ2n) is 8.53. The second kappa shape index (κ2) is 6.01. The molecule has 0 aliphatic carbocycles. The van der Waals surface area contributed by atoms with E-state index in [-0.39, 0.29) is 16.6 Å².